The van der Waals surface area contributed by atoms with E-state index in [1.807, 2.05) is 48.5 Å². The molecule has 0 aromatic heterocycles. The molecule has 8 heteroatoms. The van der Waals surface area contributed by atoms with Crippen molar-refractivity contribution in [3.8, 4) is 16.9 Å². The first-order valence-corrected chi connectivity index (χ1v) is 12.4. The van der Waals surface area contributed by atoms with E-state index >= 15 is 0 Å². The van der Waals surface area contributed by atoms with Crippen LogP contribution in [0, 0.1) is 5.82 Å². The molecule has 0 saturated heterocycles. The lowest BCUT2D eigenvalue weighted by Gasteiger charge is -2.17. The number of rotatable bonds is 10. The van der Waals surface area contributed by atoms with Crippen LogP contribution in [-0.4, -0.2) is 42.7 Å². The second kappa shape index (κ2) is 11.3. The third kappa shape index (κ3) is 5.77. The number of hydrogen-bond acceptors (Lipinski definition) is 5. The summed E-state index contributed by atoms with van der Waals surface area (Å²) in [4.78, 5) is 24.1. The molecule has 1 atom stereocenters. The van der Waals surface area contributed by atoms with Crippen molar-refractivity contribution in [3.05, 3.63) is 89.2 Å². The van der Waals surface area contributed by atoms with Crippen molar-refractivity contribution in [3.63, 3.8) is 0 Å². The highest BCUT2D eigenvalue weighted by molar-refractivity contribution is 7.98. The molecular formula is C27H26FNO5S. The zero-order chi connectivity index (χ0) is 24.8. The number of hydrogen-bond donors (Lipinski definition) is 2. The first-order valence-electron chi connectivity index (χ1n) is 11.2. The summed E-state index contributed by atoms with van der Waals surface area (Å²) in [5, 5.41) is 12.0. The molecule has 1 aliphatic rings. The molecule has 3 aromatic carbocycles. The van der Waals surface area contributed by atoms with Crippen LogP contribution in [-0.2, 0) is 15.3 Å². The number of nitrogens with one attached hydrogen (secondary N) is 1. The van der Waals surface area contributed by atoms with Crippen molar-refractivity contribution < 1.29 is 28.6 Å². The maximum absolute atomic E-state index is 13.8. The van der Waals surface area contributed by atoms with Gasteiger partial charge < -0.3 is 19.9 Å². The third-order valence-electron chi connectivity index (χ3n) is 5.97. The molecule has 0 fully saturated rings. The fourth-order valence-electron chi connectivity index (χ4n) is 4.23. The largest absolute Gasteiger partial charge is 0.494 e. The Morgan fingerprint density at radius 3 is 2.31 bits per heavy atom. The summed E-state index contributed by atoms with van der Waals surface area (Å²) in [7, 11) is 1.41. The van der Waals surface area contributed by atoms with Crippen LogP contribution in [0.5, 0.6) is 5.75 Å². The number of fused-ring (bicyclic) bond motifs is 3. The topological polar surface area (TPSA) is 84.9 Å². The summed E-state index contributed by atoms with van der Waals surface area (Å²) in [6.07, 6.45) is -0.551. The molecule has 0 spiro atoms. The number of ether oxygens (including phenoxy) is 2. The Morgan fingerprint density at radius 2 is 1.71 bits per heavy atom. The average molecular weight is 496 g/mol. The highest BCUT2D eigenvalue weighted by Gasteiger charge is 2.29. The van der Waals surface area contributed by atoms with E-state index < -0.39 is 23.9 Å². The van der Waals surface area contributed by atoms with E-state index in [1.54, 1.807) is 12.1 Å². The lowest BCUT2D eigenvalue weighted by atomic mass is 9.98. The highest BCUT2D eigenvalue weighted by Crippen LogP contribution is 2.44. The Labute approximate surface area is 207 Å². The number of methoxy groups -OCH3 is 1. The van der Waals surface area contributed by atoms with Gasteiger partial charge in [0.15, 0.2) is 11.6 Å². The van der Waals surface area contributed by atoms with E-state index in [-0.39, 0.29) is 24.7 Å². The molecule has 35 heavy (non-hydrogen) atoms. The number of carboxylic acids is 1. The van der Waals surface area contributed by atoms with Crippen molar-refractivity contribution in [2.24, 2.45) is 0 Å². The van der Waals surface area contributed by atoms with Gasteiger partial charge in [-0.1, -0.05) is 54.6 Å². The minimum atomic E-state index is -1.13. The van der Waals surface area contributed by atoms with E-state index in [0.29, 0.717) is 11.5 Å². The van der Waals surface area contributed by atoms with E-state index in [9.17, 15) is 19.1 Å². The van der Waals surface area contributed by atoms with Crippen LogP contribution >= 0.6 is 11.8 Å². The SMILES string of the molecule is COc1ccc(CSCCC(NC(=O)OCC2c3ccccc3-c3ccccc32)C(=O)O)cc1F. The van der Waals surface area contributed by atoms with Crippen molar-refractivity contribution in [2.45, 2.75) is 24.1 Å². The van der Waals surface area contributed by atoms with Crippen molar-refractivity contribution in [2.75, 3.05) is 19.5 Å². The highest BCUT2D eigenvalue weighted by atomic mass is 32.2. The Kier molecular flexibility index (Phi) is 7.92. The molecule has 6 nitrogen and oxygen atoms in total. The van der Waals surface area contributed by atoms with Gasteiger partial charge in [0, 0.05) is 11.7 Å². The number of amides is 1. The number of halogens is 1. The Bertz CT molecular complexity index is 1170. The lowest BCUT2D eigenvalue weighted by Crippen LogP contribution is -2.41. The van der Waals surface area contributed by atoms with Crippen LogP contribution in [0.1, 0.15) is 29.0 Å². The van der Waals surface area contributed by atoms with E-state index in [1.165, 1.54) is 24.9 Å². The van der Waals surface area contributed by atoms with Crippen LogP contribution in [0.2, 0.25) is 0 Å². The van der Waals surface area contributed by atoms with Gasteiger partial charge in [-0.05, 0) is 52.1 Å². The first-order chi connectivity index (χ1) is 17.0. The third-order valence-corrected chi connectivity index (χ3v) is 7.03. The van der Waals surface area contributed by atoms with Crippen LogP contribution in [0.15, 0.2) is 66.7 Å². The second-order valence-electron chi connectivity index (χ2n) is 8.17. The fraction of sp³-hybridized carbons (Fsp3) is 0.259. The second-order valence-corrected chi connectivity index (χ2v) is 9.28. The first kappa shape index (κ1) is 24.6. The smallest absolute Gasteiger partial charge is 0.407 e. The number of carbonyl (C=O) groups excluding carboxylic acids is 1. The lowest BCUT2D eigenvalue weighted by molar-refractivity contribution is -0.139. The number of carbonyl (C=O) groups is 2. The summed E-state index contributed by atoms with van der Waals surface area (Å²) in [5.74, 6) is -0.513. The monoisotopic (exact) mass is 495 g/mol. The summed E-state index contributed by atoms with van der Waals surface area (Å²) in [6, 6.07) is 19.6. The van der Waals surface area contributed by atoms with Gasteiger partial charge in [-0.15, -0.1) is 0 Å². The van der Waals surface area contributed by atoms with Crippen LogP contribution in [0.25, 0.3) is 11.1 Å². The molecule has 182 valence electrons. The predicted molar refractivity (Wildman–Crippen MR) is 133 cm³/mol. The maximum Gasteiger partial charge on any atom is 0.407 e. The zero-order valence-corrected chi connectivity index (χ0v) is 20.0. The number of benzene rings is 3. The number of thioether (sulfide) groups is 1. The molecular weight excluding hydrogens is 469 g/mol. The number of aliphatic carboxylic acids is 1. The van der Waals surface area contributed by atoms with Crippen molar-refractivity contribution in [1.29, 1.82) is 0 Å². The molecule has 3 aromatic rings. The maximum atomic E-state index is 13.8. The van der Waals surface area contributed by atoms with Gasteiger partial charge in [0.1, 0.15) is 12.6 Å². The van der Waals surface area contributed by atoms with Crippen molar-refractivity contribution >= 4 is 23.8 Å². The summed E-state index contributed by atoms with van der Waals surface area (Å²) >= 11 is 1.46. The van der Waals surface area contributed by atoms with E-state index in [2.05, 4.69) is 5.32 Å². The summed E-state index contributed by atoms with van der Waals surface area (Å²) < 4.78 is 24.2. The van der Waals surface area contributed by atoms with Crippen LogP contribution in [0.4, 0.5) is 9.18 Å². The molecule has 0 heterocycles. The zero-order valence-electron chi connectivity index (χ0n) is 19.2. The predicted octanol–water partition coefficient (Wildman–Crippen LogP) is 5.45. The average Bonchev–Trinajstić information content (AvgIpc) is 3.18. The van der Waals surface area contributed by atoms with Gasteiger partial charge in [-0.2, -0.15) is 11.8 Å². The normalized spacial score (nSPS) is 13.0. The summed E-state index contributed by atoms with van der Waals surface area (Å²) in [5.41, 5.74) is 5.18. The van der Waals surface area contributed by atoms with Crippen molar-refractivity contribution in [1.82, 2.24) is 5.32 Å². The molecule has 1 unspecified atom stereocenters. The van der Waals surface area contributed by atoms with E-state index in [0.717, 1.165) is 27.8 Å². The molecule has 2 N–H and O–H groups in total. The Morgan fingerprint density at radius 1 is 1.06 bits per heavy atom. The molecule has 4 rings (SSSR count). The van der Waals surface area contributed by atoms with Gasteiger partial charge in [0.05, 0.1) is 7.11 Å². The minimum absolute atomic E-state index is 0.100. The Balaban J connectivity index is 1.28. The molecule has 0 aliphatic heterocycles. The van der Waals surface area contributed by atoms with Gasteiger partial charge in [-0.3, -0.25) is 0 Å². The quantitative estimate of drug-likeness (QED) is 0.364. The molecule has 1 aliphatic carbocycles. The molecule has 1 amide bonds. The molecule has 0 saturated carbocycles. The van der Waals surface area contributed by atoms with E-state index in [4.69, 9.17) is 9.47 Å². The number of alkyl carbamates (subject to hydrolysis) is 1. The Hall–Kier alpha value is -3.52. The van der Waals surface area contributed by atoms with Gasteiger partial charge in [0.25, 0.3) is 0 Å². The molecule has 0 bridgehead atoms. The van der Waals surface area contributed by atoms with Crippen LogP contribution in [0.3, 0.4) is 0 Å². The fourth-order valence-corrected chi connectivity index (χ4v) is 5.19. The van der Waals surface area contributed by atoms with Gasteiger partial charge in [0.2, 0.25) is 0 Å². The molecule has 0 radical (unpaired) electrons. The van der Waals surface area contributed by atoms with Crippen LogP contribution < -0.4 is 10.1 Å². The number of carboxylic acid groups (broad SMARTS) is 1. The van der Waals surface area contributed by atoms with Gasteiger partial charge in [-0.25, -0.2) is 14.0 Å². The standard InChI is InChI=1S/C27H26FNO5S/c1-33-25-11-10-17(14-23(25)28)16-35-13-12-24(26(30)31)29-27(32)34-15-22-20-8-4-2-6-18(20)19-7-3-5-9-21(19)22/h2-11,14,22,24H,12-13,15-16H2,1H3,(H,29,32)(H,30,31). The summed E-state index contributed by atoms with van der Waals surface area (Å²) in [6.45, 7) is 0.115. The van der Waals surface area contributed by atoms with Gasteiger partial charge >= 0.3 is 12.1 Å². The minimum Gasteiger partial charge on any atom is -0.494 e.